The van der Waals surface area contributed by atoms with Crippen molar-refractivity contribution >= 4 is 23.8 Å². The van der Waals surface area contributed by atoms with Gasteiger partial charge in [0.15, 0.2) is 0 Å². The van der Waals surface area contributed by atoms with Gasteiger partial charge in [-0.15, -0.1) is 0 Å². The van der Waals surface area contributed by atoms with E-state index in [0.717, 1.165) is 17.7 Å². The highest BCUT2D eigenvalue weighted by atomic mass is 16.2. The van der Waals surface area contributed by atoms with Gasteiger partial charge in [0.05, 0.1) is 5.92 Å². The van der Waals surface area contributed by atoms with Gasteiger partial charge in [-0.05, 0) is 49.1 Å². The van der Waals surface area contributed by atoms with E-state index in [1.165, 1.54) is 5.56 Å². The normalized spacial score (nSPS) is 17.2. The van der Waals surface area contributed by atoms with Gasteiger partial charge in [-0.25, -0.2) is 9.88 Å². The van der Waals surface area contributed by atoms with Crippen LogP contribution in [0.2, 0.25) is 0 Å². The van der Waals surface area contributed by atoms with E-state index in [1.807, 2.05) is 37.3 Å². The smallest absolute Gasteiger partial charge is 0.266 e. The fourth-order valence-corrected chi connectivity index (χ4v) is 3.63. The molecule has 150 valence electrons. The van der Waals surface area contributed by atoms with E-state index < -0.39 is 5.92 Å². The molecule has 1 aromatic heterocycles. The van der Waals surface area contributed by atoms with E-state index in [9.17, 15) is 9.59 Å². The number of anilines is 1. The molecule has 3 aromatic rings. The highest BCUT2D eigenvalue weighted by molar-refractivity contribution is 6.28. The van der Waals surface area contributed by atoms with E-state index >= 15 is 0 Å². The number of benzene rings is 2. The number of imide groups is 1. The van der Waals surface area contributed by atoms with Gasteiger partial charge in [0.1, 0.15) is 5.82 Å². The fraction of sp³-hybridized carbons (Fsp3) is 0.200. The largest absolute Gasteiger partial charge is 0.293 e. The van der Waals surface area contributed by atoms with Crippen molar-refractivity contribution in [2.75, 3.05) is 4.90 Å². The Morgan fingerprint density at radius 1 is 1.00 bits per heavy atom. The number of pyridine rings is 1. The maximum Gasteiger partial charge on any atom is 0.266 e. The molecule has 0 spiro atoms. The molecule has 1 aliphatic heterocycles. The van der Waals surface area contributed by atoms with Crippen LogP contribution in [-0.2, 0) is 11.2 Å². The number of carbonyl (C=O) groups is 2. The number of hydrogen-bond acceptors (Lipinski definition) is 4. The summed E-state index contributed by atoms with van der Waals surface area (Å²) in [6.45, 7) is 2.04. The number of rotatable bonds is 6. The van der Waals surface area contributed by atoms with Crippen LogP contribution < -0.4 is 4.90 Å². The van der Waals surface area contributed by atoms with Crippen molar-refractivity contribution in [1.29, 1.82) is 0 Å². The second-order valence-electron chi connectivity index (χ2n) is 7.40. The Bertz CT molecular complexity index is 1060. The first-order valence-corrected chi connectivity index (χ1v) is 10.1. The summed E-state index contributed by atoms with van der Waals surface area (Å²) in [6, 6.07) is 22.7. The van der Waals surface area contributed by atoms with Crippen LogP contribution >= 0.6 is 0 Å². The quantitative estimate of drug-likeness (QED) is 0.456. The van der Waals surface area contributed by atoms with E-state index in [4.69, 9.17) is 0 Å². The number of aliphatic imine (C=N–C) groups is 1. The average molecular weight is 397 g/mol. The van der Waals surface area contributed by atoms with Crippen molar-refractivity contribution in [2.45, 2.75) is 31.7 Å². The predicted molar refractivity (Wildman–Crippen MR) is 118 cm³/mol. The standard InChI is InChI=1S/C25H23N3O2/c1-18(14-15-19-9-3-2-4-10-19)27-17-22-20-11-5-6-12-21(20)24(29)28(25(22)30)23-13-7-8-16-26-23/h2-13,16-18,22H,14-15H2,1H3/t18-,22?/m1/s1. The lowest BCUT2D eigenvalue weighted by Crippen LogP contribution is -2.46. The van der Waals surface area contributed by atoms with Gasteiger partial charge in [-0.1, -0.05) is 54.6 Å². The first kappa shape index (κ1) is 19.7. The van der Waals surface area contributed by atoms with Crippen LogP contribution in [0.3, 0.4) is 0 Å². The molecule has 0 bridgehead atoms. The van der Waals surface area contributed by atoms with Gasteiger partial charge < -0.3 is 0 Å². The highest BCUT2D eigenvalue weighted by Crippen LogP contribution is 2.31. The number of aryl methyl sites for hydroxylation is 1. The fourth-order valence-electron chi connectivity index (χ4n) is 3.63. The third-order valence-electron chi connectivity index (χ3n) is 5.28. The van der Waals surface area contributed by atoms with Crippen LogP contribution in [0.4, 0.5) is 5.82 Å². The number of aromatic nitrogens is 1. The predicted octanol–water partition coefficient (Wildman–Crippen LogP) is 4.44. The number of fused-ring (bicyclic) bond motifs is 1. The van der Waals surface area contributed by atoms with Gasteiger partial charge in [0, 0.05) is 24.0 Å². The minimum Gasteiger partial charge on any atom is -0.293 e. The zero-order valence-corrected chi connectivity index (χ0v) is 16.8. The third-order valence-corrected chi connectivity index (χ3v) is 5.28. The van der Waals surface area contributed by atoms with Crippen LogP contribution in [0.1, 0.15) is 40.7 Å². The number of amides is 2. The van der Waals surface area contributed by atoms with E-state index in [2.05, 4.69) is 22.1 Å². The second-order valence-corrected chi connectivity index (χ2v) is 7.40. The zero-order valence-electron chi connectivity index (χ0n) is 16.8. The Morgan fingerprint density at radius 2 is 1.73 bits per heavy atom. The Morgan fingerprint density at radius 3 is 2.50 bits per heavy atom. The second kappa shape index (κ2) is 8.82. The molecule has 2 amide bonds. The minimum atomic E-state index is -0.611. The van der Waals surface area contributed by atoms with E-state index in [0.29, 0.717) is 16.9 Å². The number of carbonyl (C=O) groups excluding carboxylic acids is 2. The van der Waals surface area contributed by atoms with Gasteiger partial charge in [0.25, 0.3) is 5.91 Å². The molecule has 30 heavy (non-hydrogen) atoms. The van der Waals surface area contributed by atoms with Crippen LogP contribution in [-0.4, -0.2) is 29.1 Å². The monoisotopic (exact) mass is 397 g/mol. The van der Waals surface area contributed by atoms with Crippen molar-refractivity contribution < 1.29 is 9.59 Å². The lowest BCUT2D eigenvalue weighted by molar-refractivity contribution is -0.118. The van der Waals surface area contributed by atoms with Crippen molar-refractivity contribution in [1.82, 2.24) is 4.98 Å². The van der Waals surface area contributed by atoms with Crippen LogP contribution in [0, 0.1) is 0 Å². The summed E-state index contributed by atoms with van der Waals surface area (Å²) < 4.78 is 0. The Balaban J connectivity index is 1.58. The number of hydrogen-bond donors (Lipinski definition) is 0. The SMILES string of the molecule is C[C@H](CCc1ccccc1)N=CC1C(=O)N(c2ccccn2)C(=O)c2ccccc21. The summed E-state index contributed by atoms with van der Waals surface area (Å²) in [4.78, 5) is 36.3. The maximum atomic E-state index is 13.3. The summed E-state index contributed by atoms with van der Waals surface area (Å²) >= 11 is 0. The minimum absolute atomic E-state index is 0.0612. The van der Waals surface area contributed by atoms with Crippen molar-refractivity contribution in [3.8, 4) is 0 Å². The molecule has 5 heteroatoms. The zero-order chi connectivity index (χ0) is 20.9. The topological polar surface area (TPSA) is 62.6 Å². The summed E-state index contributed by atoms with van der Waals surface area (Å²) in [5.41, 5.74) is 2.47. The molecule has 0 N–H and O–H groups in total. The first-order valence-electron chi connectivity index (χ1n) is 10.1. The molecule has 1 unspecified atom stereocenters. The third kappa shape index (κ3) is 4.06. The van der Waals surface area contributed by atoms with Crippen molar-refractivity contribution in [2.24, 2.45) is 4.99 Å². The molecular weight excluding hydrogens is 374 g/mol. The molecule has 0 fully saturated rings. The summed E-state index contributed by atoms with van der Waals surface area (Å²) in [7, 11) is 0. The Kier molecular flexibility index (Phi) is 5.80. The molecule has 5 nitrogen and oxygen atoms in total. The van der Waals surface area contributed by atoms with E-state index in [-0.39, 0.29) is 17.9 Å². The molecule has 2 atom stereocenters. The molecule has 4 rings (SSSR count). The van der Waals surface area contributed by atoms with Crippen LogP contribution in [0.15, 0.2) is 84.0 Å². The summed E-state index contributed by atoms with van der Waals surface area (Å²) in [5.74, 6) is -0.954. The molecule has 0 aliphatic carbocycles. The summed E-state index contributed by atoms with van der Waals surface area (Å²) in [6.07, 6.45) is 5.07. The number of nitrogens with zero attached hydrogens (tertiary/aromatic N) is 3. The van der Waals surface area contributed by atoms with E-state index in [1.54, 1.807) is 42.7 Å². The molecule has 0 radical (unpaired) electrons. The Labute approximate surface area is 176 Å². The van der Waals surface area contributed by atoms with Gasteiger partial charge in [0.2, 0.25) is 5.91 Å². The molecule has 1 aliphatic rings. The molecule has 0 saturated carbocycles. The lowest BCUT2D eigenvalue weighted by Gasteiger charge is -2.30. The van der Waals surface area contributed by atoms with Gasteiger partial charge in [-0.3, -0.25) is 14.6 Å². The first-order chi connectivity index (χ1) is 14.6. The molecule has 2 aromatic carbocycles. The summed E-state index contributed by atoms with van der Waals surface area (Å²) in [5, 5.41) is 0. The highest BCUT2D eigenvalue weighted by Gasteiger charge is 2.39. The van der Waals surface area contributed by atoms with Crippen LogP contribution in [0.25, 0.3) is 0 Å². The Hall–Kier alpha value is -3.60. The molecule has 0 saturated heterocycles. The lowest BCUT2D eigenvalue weighted by atomic mass is 9.89. The average Bonchev–Trinajstić information content (AvgIpc) is 2.79. The van der Waals surface area contributed by atoms with Gasteiger partial charge in [-0.2, -0.15) is 0 Å². The molecule has 2 heterocycles. The van der Waals surface area contributed by atoms with Crippen LogP contribution in [0.5, 0.6) is 0 Å². The van der Waals surface area contributed by atoms with Crippen molar-refractivity contribution in [3.05, 3.63) is 95.7 Å². The maximum absolute atomic E-state index is 13.3. The van der Waals surface area contributed by atoms with Crippen molar-refractivity contribution in [3.63, 3.8) is 0 Å². The van der Waals surface area contributed by atoms with Gasteiger partial charge >= 0.3 is 0 Å². The molecular formula is C25H23N3O2.